The van der Waals surface area contributed by atoms with Gasteiger partial charge in [0.15, 0.2) is 0 Å². The van der Waals surface area contributed by atoms with Crippen LogP contribution in [0.4, 0.5) is 0 Å². The predicted molar refractivity (Wildman–Crippen MR) is 87.4 cm³/mol. The number of methoxy groups -OCH3 is 1. The third kappa shape index (κ3) is 5.27. The SMILES string of the molecule is COc1ccccc1CC(CNC(=O)CC1CCCC1)C(=O)O. The third-order valence-electron chi connectivity index (χ3n) is 4.50. The van der Waals surface area contributed by atoms with Crippen molar-refractivity contribution >= 4 is 11.9 Å². The summed E-state index contributed by atoms with van der Waals surface area (Å²) in [5.41, 5.74) is 0.840. The van der Waals surface area contributed by atoms with E-state index in [1.54, 1.807) is 7.11 Å². The molecule has 2 rings (SSSR count). The van der Waals surface area contributed by atoms with Crippen molar-refractivity contribution in [3.8, 4) is 5.75 Å². The highest BCUT2D eigenvalue weighted by atomic mass is 16.5. The number of benzene rings is 1. The van der Waals surface area contributed by atoms with E-state index in [0.29, 0.717) is 24.5 Å². The summed E-state index contributed by atoms with van der Waals surface area (Å²) in [5, 5.41) is 12.2. The van der Waals surface area contributed by atoms with E-state index in [1.165, 1.54) is 12.8 Å². The Morgan fingerprint density at radius 1 is 1.30 bits per heavy atom. The van der Waals surface area contributed by atoms with Crippen LogP contribution in [0.1, 0.15) is 37.7 Å². The number of amides is 1. The third-order valence-corrected chi connectivity index (χ3v) is 4.50. The molecule has 0 spiro atoms. The van der Waals surface area contributed by atoms with Gasteiger partial charge in [0, 0.05) is 13.0 Å². The van der Waals surface area contributed by atoms with Crippen LogP contribution in [0.15, 0.2) is 24.3 Å². The summed E-state index contributed by atoms with van der Waals surface area (Å²) in [6.45, 7) is 0.152. The number of ether oxygens (including phenoxy) is 1. The van der Waals surface area contributed by atoms with Gasteiger partial charge in [0.05, 0.1) is 13.0 Å². The molecular weight excluding hydrogens is 294 g/mol. The van der Waals surface area contributed by atoms with Crippen molar-refractivity contribution in [1.82, 2.24) is 5.32 Å². The first-order chi connectivity index (χ1) is 11.1. The lowest BCUT2D eigenvalue weighted by Gasteiger charge is -2.16. The van der Waals surface area contributed by atoms with Gasteiger partial charge >= 0.3 is 5.97 Å². The number of carbonyl (C=O) groups is 2. The molecule has 0 heterocycles. The van der Waals surface area contributed by atoms with E-state index < -0.39 is 11.9 Å². The quantitative estimate of drug-likeness (QED) is 0.772. The Bertz CT molecular complexity index is 538. The van der Waals surface area contributed by atoms with Crippen LogP contribution in [0.3, 0.4) is 0 Å². The highest BCUT2D eigenvalue weighted by Crippen LogP contribution is 2.27. The fourth-order valence-electron chi connectivity index (χ4n) is 3.17. The van der Waals surface area contributed by atoms with Crippen LogP contribution in [-0.4, -0.2) is 30.6 Å². The molecule has 0 radical (unpaired) electrons. The lowest BCUT2D eigenvalue weighted by Crippen LogP contribution is -2.34. The summed E-state index contributed by atoms with van der Waals surface area (Å²) in [4.78, 5) is 23.4. The highest BCUT2D eigenvalue weighted by molar-refractivity contribution is 5.77. The van der Waals surface area contributed by atoms with Crippen LogP contribution in [0.25, 0.3) is 0 Å². The maximum absolute atomic E-state index is 12.0. The molecule has 0 aromatic heterocycles. The summed E-state index contributed by atoms with van der Waals surface area (Å²) in [6, 6.07) is 7.37. The molecule has 1 amide bonds. The van der Waals surface area contributed by atoms with Crippen molar-refractivity contribution in [2.24, 2.45) is 11.8 Å². The van der Waals surface area contributed by atoms with E-state index in [4.69, 9.17) is 4.74 Å². The largest absolute Gasteiger partial charge is 0.496 e. The van der Waals surface area contributed by atoms with Crippen molar-refractivity contribution < 1.29 is 19.4 Å². The van der Waals surface area contributed by atoms with Crippen LogP contribution < -0.4 is 10.1 Å². The number of hydrogen-bond acceptors (Lipinski definition) is 3. The average Bonchev–Trinajstić information content (AvgIpc) is 3.04. The van der Waals surface area contributed by atoms with Gasteiger partial charge in [0.25, 0.3) is 0 Å². The number of para-hydroxylation sites is 1. The van der Waals surface area contributed by atoms with E-state index in [2.05, 4.69) is 5.32 Å². The predicted octanol–water partition coefficient (Wildman–Crippen LogP) is 2.63. The zero-order valence-corrected chi connectivity index (χ0v) is 13.6. The molecule has 1 saturated carbocycles. The molecule has 23 heavy (non-hydrogen) atoms. The fraction of sp³-hybridized carbons (Fsp3) is 0.556. The molecule has 1 aliphatic rings. The van der Waals surface area contributed by atoms with Crippen molar-refractivity contribution in [2.75, 3.05) is 13.7 Å². The first kappa shape index (κ1) is 17.3. The molecule has 1 aromatic carbocycles. The number of carbonyl (C=O) groups excluding carboxylic acids is 1. The van der Waals surface area contributed by atoms with E-state index in [1.807, 2.05) is 24.3 Å². The standard InChI is InChI=1S/C18H25NO4/c1-23-16-9-5-4-8-14(16)11-15(18(21)22)12-19-17(20)10-13-6-2-3-7-13/h4-5,8-9,13,15H,2-3,6-7,10-12H2,1H3,(H,19,20)(H,21,22). The Labute approximate surface area is 137 Å². The Balaban J connectivity index is 1.88. The molecule has 1 atom stereocenters. The topological polar surface area (TPSA) is 75.6 Å². The minimum atomic E-state index is -0.905. The molecule has 2 N–H and O–H groups in total. The number of nitrogens with one attached hydrogen (secondary N) is 1. The van der Waals surface area contributed by atoms with Gasteiger partial charge in [-0.3, -0.25) is 9.59 Å². The number of aliphatic carboxylic acids is 1. The Kier molecular flexibility index (Phi) is 6.44. The zero-order chi connectivity index (χ0) is 16.7. The summed E-state index contributed by atoms with van der Waals surface area (Å²) in [6.07, 6.45) is 5.46. The smallest absolute Gasteiger partial charge is 0.308 e. The lowest BCUT2D eigenvalue weighted by atomic mass is 9.98. The number of rotatable bonds is 8. The second kappa shape index (κ2) is 8.56. The minimum absolute atomic E-state index is 0.0387. The molecule has 0 aliphatic heterocycles. The molecule has 0 bridgehead atoms. The van der Waals surface area contributed by atoms with Crippen molar-refractivity contribution in [3.63, 3.8) is 0 Å². The molecular formula is C18H25NO4. The molecule has 1 aromatic rings. The van der Waals surface area contributed by atoms with Gasteiger partial charge in [-0.2, -0.15) is 0 Å². The van der Waals surface area contributed by atoms with Crippen LogP contribution >= 0.6 is 0 Å². The summed E-state index contributed by atoms with van der Waals surface area (Å²) < 4.78 is 5.26. The lowest BCUT2D eigenvalue weighted by molar-refractivity contribution is -0.141. The van der Waals surface area contributed by atoms with Gasteiger partial charge in [-0.1, -0.05) is 31.0 Å². The second-order valence-electron chi connectivity index (χ2n) is 6.21. The molecule has 1 aliphatic carbocycles. The molecule has 1 unspecified atom stereocenters. The van der Waals surface area contributed by atoms with E-state index >= 15 is 0 Å². The Morgan fingerprint density at radius 3 is 2.65 bits per heavy atom. The van der Waals surface area contributed by atoms with E-state index in [-0.39, 0.29) is 12.5 Å². The monoisotopic (exact) mass is 319 g/mol. The van der Waals surface area contributed by atoms with Gasteiger partial charge in [0.1, 0.15) is 5.75 Å². The Hall–Kier alpha value is -2.04. The van der Waals surface area contributed by atoms with Crippen molar-refractivity contribution in [3.05, 3.63) is 29.8 Å². The van der Waals surface area contributed by atoms with Crippen LogP contribution in [0.5, 0.6) is 5.75 Å². The molecule has 1 fully saturated rings. The van der Waals surface area contributed by atoms with Gasteiger partial charge in [-0.15, -0.1) is 0 Å². The maximum atomic E-state index is 12.0. The molecule has 5 heteroatoms. The summed E-state index contributed by atoms with van der Waals surface area (Å²) in [5.74, 6) is -0.456. The molecule has 126 valence electrons. The zero-order valence-electron chi connectivity index (χ0n) is 13.6. The van der Waals surface area contributed by atoms with E-state index in [0.717, 1.165) is 18.4 Å². The average molecular weight is 319 g/mol. The number of carboxylic acid groups (broad SMARTS) is 1. The van der Waals surface area contributed by atoms with Gasteiger partial charge < -0.3 is 15.2 Å². The van der Waals surface area contributed by atoms with Crippen LogP contribution in [0, 0.1) is 11.8 Å². The van der Waals surface area contributed by atoms with Crippen LogP contribution in [0.2, 0.25) is 0 Å². The second-order valence-corrected chi connectivity index (χ2v) is 6.21. The molecule has 5 nitrogen and oxygen atoms in total. The normalized spacial score (nSPS) is 16.0. The van der Waals surface area contributed by atoms with E-state index in [9.17, 15) is 14.7 Å². The Morgan fingerprint density at radius 2 is 2.00 bits per heavy atom. The molecule has 0 saturated heterocycles. The van der Waals surface area contributed by atoms with Gasteiger partial charge in [-0.05, 0) is 36.8 Å². The fourth-order valence-corrected chi connectivity index (χ4v) is 3.17. The van der Waals surface area contributed by atoms with Crippen LogP contribution in [-0.2, 0) is 16.0 Å². The van der Waals surface area contributed by atoms with Crippen molar-refractivity contribution in [1.29, 1.82) is 0 Å². The van der Waals surface area contributed by atoms with Crippen molar-refractivity contribution in [2.45, 2.75) is 38.5 Å². The number of carboxylic acids is 1. The van der Waals surface area contributed by atoms with Gasteiger partial charge in [0.2, 0.25) is 5.91 Å². The maximum Gasteiger partial charge on any atom is 0.308 e. The minimum Gasteiger partial charge on any atom is -0.496 e. The number of hydrogen-bond donors (Lipinski definition) is 2. The summed E-state index contributed by atoms with van der Waals surface area (Å²) in [7, 11) is 1.57. The first-order valence-corrected chi connectivity index (χ1v) is 8.21. The van der Waals surface area contributed by atoms with Gasteiger partial charge in [-0.25, -0.2) is 0 Å². The highest BCUT2D eigenvalue weighted by Gasteiger charge is 2.22. The summed E-state index contributed by atoms with van der Waals surface area (Å²) >= 11 is 0. The first-order valence-electron chi connectivity index (χ1n) is 8.21.